The summed E-state index contributed by atoms with van der Waals surface area (Å²) >= 11 is 8.39. The molecule has 0 bridgehead atoms. The van der Waals surface area contributed by atoms with Crippen LogP contribution in [0.3, 0.4) is 0 Å². The van der Waals surface area contributed by atoms with Crippen LogP contribution in [0.5, 0.6) is 0 Å². The average Bonchev–Trinajstić information content (AvgIpc) is 2.60. The van der Waals surface area contributed by atoms with Crippen LogP contribution in [0.1, 0.15) is 12.5 Å². The van der Waals surface area contributed by atoms with E-state index in [1.807, 2.05) is 61.5 Å². The summed E-state index contributed by atoms with van der Waals surface area (Å²) < 4.78 is 1.19. The fourth-order valence-corrected chi connectivity index (χ4v) is 2.63. The summed E-state index contributed by atoms with van der Waals surface area (Å²) in [5.74, 6) is 1.12. The van der Waals surface area contributed by atoms with Gasteiger partial charge in [-0.05, 0) is 47.2 Å². The molecular weight excluding hydrogens is 435 g/mol. The molecular formula is C18H14ClIN4. The fraction of sp³-hybridized carbons (Fsp3) is 0.0556. The van der Waals surface area contributed by atoms with Gasteiger partial charge in [-0.2, -0.15) is 5.10 Å². The third-order valence-corrected chi connectivity index (χ3v) is 4.24. The van der Waals surface area contributed by atoms with Crippen LogP contribution in [0.2, 0.25) is 5.15 Å². The van der Waals surface area contributed by atoms with Crippen LogP contribution in [-0.4, -0.2) is 15.7 Å². The average molecular weight is 449 g/mol. The van der Waals surface area contributed by atoms with E-state index in [0.29, 0.717) is 16.8 Å². The SMILES string of the molecule is C/C(=N\Nc1cc(Cl)nc(-c2ccccc2)n1)c1ccc(I)cc1. The van der Waals surface area contributed by atoms with Gasteiger partial charge in [-0.1, -0.05) is 54.1 Å². The highest BCUT2D eigenvalue weighted by molar-refractivity contribution is 14.1. The zero-order valence-electron chi connectivity index (χ0n) is 12.9. The first kappa shape index (κ1) is 16.9. The lowest BCUT2D eigenvalue weighted by Gasteiger charge is -2.06. The summed E-state index contributed by atoms with van der Waals surface area (Å²) in [5.41, 5.74) is 5.77. The maximum absolute atomic E-state index is 6.11. The van der Waals surface area contributed by atoms with Crippen LogP contribution in [0.4, 0.5) is 5.82 Å². The zero-order valence-corrected chi connectivity index (χ0v) is 15.8. The minimum atomic E-state index is 0.369. The molecule has 1 heterocycles. The van der Waals surface area contributed by atoms with E-state index >= 15 is 0 Å². The highest BCUT2D eigenvalue weighted by Crippen LogP contribution is 2.20. The number of hydrogen-bond donors (Lipinski definition) is 1. The van der Waals surface area contributed by atoms with Crippen molar-refractivity contribution < 1.29 is 0 Å². The van der Waals surface area contributed by atoms with Crippen LogP contribution in [0.15, 0.2) is 65.8 Å². The number of benzene rings is 2. The normalized spacial score (nSPS) is 11.4. The molecule has 6 heteroatoms. The van der Waals surface area contributed by atoms with E-state index in [1.54, 1.807) is 6.07 Å². The second kappa shape index (κ2) is 7.72. The molecule has 2 aromatic carbocycles. The quantitative estimate of drug-likeness (QED) is 0.257. The van der Waals surface area contributed by atoms with Crippen molar-refractivity contribution in [2.24, 2.45) is 5.10 Å². The summed E-state index contributed by atoms with van der Waals surface area (Å²) in [6, 6.07) is 19.5. The Morgan fingerprint density at radius 1 is 1.04 bits per heavy atom. The molecule has 1 aromatic heterocycles. The van der Waals surface area contributed by atoms with Gasteiger partial charge in [0.2, 0.25) is 0 Å². The van der Waals surface area contributed by atoms with Gasteiger partial charge in [0.15, 0.2) is 11.6 Å². The van der Waals surface area contributed by atoms with Crippen molar-refractivity contribution in [1.82, 2.24) is 9.97 Å². The molecule has 24 heavy (non-hydrogen) atoms. The lowest BCUT2D eigenvalue weighted by atomic mass is 10.1. The second-order valence-corrected chi connectivity index (χ2v) is 6.71. The van der Waals surface area contributed by atoms with E-state index in [9.17, 15) is 0 Å². The first-order valence-corrected chi connectivity index (χ1v) is 8.74. The van der Waals surface area contributed by atoms with Gasteiger partial charge in [-0.25, -0.2) is 9.97 Å². The Balaban J connectivity index is 1.84. The zero-order chi connectivity index (χ0) is 16.9. The van der Waals surface area contributed by atoms with Crippen LogP contribution in [-0.2, 0) is 0 Å². The standard InChI is InChI=1S/C18H14ClIN4/c1-12(13-7-9-15(20)10-8-13)23-24-17-11-16(19)21-18(22-17)14-5-3-2-4-6-14/h2-11H,1H3,(H,21,22,24)/b23-12+. The van der Waals surface area contributed by atoms with E-state index in [-0.39, 0.29) is 0 Å². The van der Waals surface area contributed by atoms with Gasteiger partial charge in [-0.3, -0.25) is 5.43 Å². The third-order valence-electron chi connectivity index (χ3n) is 3.33. The lowest BCUT2D eigenvalue weighted by Crippen LogP contribution is -2.02. The molecule has 0 aliphatic carbocycles. The smallest absolute Gasteiger partial charge is 0.163 e. The monoisotopic (exact) mass is 448 g/mol. The number of nitrogens with zero attached hydrogens (tertiary/aromatic N) is 3. The minimum Gasteiger partial charge on any atom is -0.261 e. The van der Waals surface area contributed by atoms with Crippen molar-refractivity contribution in [3.63, 3.8) is 0 Å². The molecule has 0 amide bonds. The molecule has 120 valence electrons. The number of aromatic nitrogens is 2. The summed E-state index contributed by atoms with van der Waals surface area (Å²) in [5, 5.41) is 4.75. The minimum absolute atomic E-state index is 0.369. The summed E-state index contributed by atoms with van der Waals surface area (Å²) in [6.45, 7) is 1.94. The molecule has 0 saturated carbocycles. The fourth-order valence-electron chi connectivity index (χ4n) is 2.09. The second-order valence-electron chi connectivity index (χ2n) is 5.08. The molecule has 0 aliphatic heterocycles. The third kappa shape index (κ3) is 4.30. The predicted octanol–water partition coefficient (Wildman–Crippen LogP) is 5.24. The predicted molar refractivity (Wildman–Crippen MR) is 107 cm³/mol. The molecule has 0 atom stereocenters. The summed E-state index contributed by atoms with van der Waals surface area (Å²) in [4.78, 5) is 8.73. The van der Waals surface area contributed by atoms with Gasteiger partial charge >= 0.3 is 0 Å². The molecule has 0 saturated heterocycles. The van der Waals surface area contributed by atoms with Crippen LogP contribution >= 0.6 is 34.2 Å². The Hall–Kier alpha value is -1.99. The Bertz CT molecular complexity index is 864. The number of nitrogens with one attached hydrogen (secondary N) is 1. The lowest BCUT2D eigenvalue weighted by molar-refractivity contribution is 1.14. The summed E-state index contributed by atoms with van der Waals surface area (Å²) in [7, 11) is 0. The number of anilines is 1. The van der Waals surface area contributed by atoms with Crippen LogP contribution in [0.25, 0.3) is 11.4 Å². The molecule has 0 radical (unpaired) electrons. The van der Waals surface area contributed by atoms with E-state index in [1.165, 1.54) is 3.57 Å². The Kier molecular flexibility index (Phi) is 5.42. The number of hydrazone groups is 1. The summed E-state index contributed by atoms with van der Waals surface area (Å²) in [6.07, 6.45) is 0. The number of hydrogen-bond acceptors (Lipinski definition) is 4. The molecule has 4 nitrogen and oxygen atoms in total. The maximum atomic E-state index is 6.11. The van der Waals surface area contributed by atoms with Crippen molar-refractivity contribution in [3.8, 4) is 11.4 Å². The largest absolute Gasteiger partial charge is 0.261 e. The molecule has 3 aromatic rings. The van der Waals surface area contributed by atoms with E-state index in [0.717, 1.165) is 16.8 Å². The number of halogens is 2. The first-order valence-electron chi connectivity index (χ1n) is 7.28. The van der Waals surface area contributed by atoms with Gasteiger partial charge in [0.25, 0.3) is 0 Å². The van der Waals surface area contributed by atoms with E-state index in [2.05, 4.69) is 43.1 Å². The molecule has 0 fully saturated rings. The number of rotatable bonds is 4. The van der Waals surface area contributed by atoms with Crippen molar-refractivity contribution >= 4 is 45.7 Å². The maximum Gasteiger partial charge on any atom is 0.163 e. The van der Waals surface area contributed by atoms with E-state index in [4.69, 9.17) is 11.6 Å². The van der Waals surface area contributed by atoms with Crippen molar-refractivity contribution in [3.05, 3.63) is 75.0 Å². The van der Waals surface area contributed by atoms with Gasteiger partial charge in [0.05, 0.1) is 5.71 Å². The van der Waals surface area contributed by atoms with Crippen molar-refractivity contribution in [1.29, 1.82) is 0 Å². The Morgan fingerprint density at radius 2 is 1.75 bits per heavy atom. The van der Waals surface area contributed by atoms with Gasteiger partial charge in [0, 0.05) is 15.2 Å². The van der Waals surface area contributed by atoms with Gasteiger partial charge < -0.3 is 0 Å². The first-order chi connectivity index (χ1) is 11.6. The molecule has 0 aliphatic rings. The Morgan fingerprint density at radius 3 is 2.46 bits per heavy atom. The van der Waals surface area contributed by atoms with Gasteiger partial charge in [0.1, 0.15) is 5.15 Å². The van der Waals surface area contributed by atoms with Crippen LogP contribution < -0.4 is 5.43 Å². The molecule has 0 unspecified atom stereocenters. The van der Waals surface area contributed by atoms with Crippen molar-refractivity contribution in [2.75, 3.05) is 5.43 Å². The Labute approximate surface area is 159 Å². The van der Waals surface area contributed by atoms with Crippen LogP contribution in [0, 0.1) is 3.57 Å². The van der Waals surface area contributed by atoms with Gasteiger partial charge in [-0.15, -0.1) is 0 Å². The molecule has 1 N–H and O–H groups in total. The highest BCUT2D eigenvalue weighted by atomic mass is 127. The molecule has 3 rings (SSSR count). The topological polar surface area (TPSA) is 50.2 Å². The highest BCUT2D eigenvalue weighted by Gasteiger charge is 2.05. The van der Waals surface area contributed by atoms with E-state index < -0.39 is 0 Å². The molecule has 0 spiro atoms. The van der Waals surface area contributed by atoms with Crippen molar-refractivity contribution in [2.45, 2.75) is 6.92 Å².